The molecule has 0 aliphatic carbocycles. The largest absolute Gasteiger partial charge is 0.413 e. The number of carbonyl (C=O) groups excluding carboxylic acids is 1. The first-order valence-corrected chi connectivity index (χ1v) is 5.93. The van der Waals surface area contributed by atoms with Gasteiger partial charge in [-0.3, -0.25) is 4.79 Å². The van der Waals surface area contributed by atoms with Crippen molar-refractivity contribution in [1.82, 2.24) is 0 Å². The van der Waals surface area contributed by atoms with Crippen LogP contribution in [0.15, 0.2) is 0 Å². The molecule has 2 nitrogen and oxygen atoms in total. The van der Waals surface area contributed by atoms with Crippen LogP contribution >= 0.6 is 0 Å². The van der Waals surface area contributed by atoms with Crippen molar-refractivity contribution in [2.24, 2.45) is 0 Å². The molecule has 0 aromatic carbocycles. The van der Waals surface area contributed by atoms with E-state index in [0.29, 0.717) is 5.78 Å². The van der Waals surface area contributed by atoms with Gasteiger partial charge in [0.1, 0.15) is 5.78 Å². The van der Waals surface area contributed by atoms with Crippen molar-refractivity contribution in [3.05, 3.63) is 0 Å². The quantitative estimate of drug-likeness (QED) is 0.619. The summed E-state index contributed by atoms with van der Waals surface area (Å²) in [7, 11) is 0. The Labute approximate surface area is 85.3 Å². The van der Waals surface area contributed by atoms with Gasteiger partial charge in [0.15, 0.2) is 17.8 Å². The van der Waals surface area contributed by atoms with Crippen LogP contribution in [0.5, 0.6) is 0 Å². The smallest absolute Gasteiger partial charge is 0.173 e. The van der Waals surface area contributed by atoms with E-state index in [4.69, 9.17) is 0 Å². The van der Waals surface area contributed by atoms with Crippen LogP contribution in [0.2, 0.25) is 0 Å². The zero-order valence-electron chi connectivity index (χ0n) is 8.92. The molecule has 3 fully saturated rings. The Morgan fingerprint density at radius 2 is 1.79 bits per heavy atom. The number of Topliss-reactive ketones (excluding diaryl/α,β-unsaturated/α-hetero) is 1. The second-order valence-corrected chi connectivity index (χ2v) is 5.33. The molecule has 3 saturated heterocycles. The van der Waals surface area contributed by atoms with E-state index in [2.05, 4.69) is 4.37 Å². The van der Waals surface area contributed by atoms with Crippen LogP contribution in [0.3, 0.4) is 0 Å². The van der Waals surface area contributed by atoms with Gasteiger partial charge in [-0.25, -0.2) is 0 Å². The lowest BCUT2D eigenvalue weighted by molar-refractivity contribution is -0.235. The molecule has 2 heteroatoms. The van der Waals surface area contributed by atoms with Crippen LogP contribution in [0.1, 0.15) is 51.9 Å². The van der Waals surface area contributed by atoms with E-state index in [1.165, 1.54) is 38.5 Å². The average Bonchev–Trinajstić information content (AvgIpc) is 2.69. The first-order chi connectivity index (χ1) is 6.71. The Morgan fingerprint density at radius 3 is 2.29 bits per heavy atom. The van der Waals surface area contributed by atoms with E-state index in [1.54, 1.807) is 6.92 Å². The third-order valence-electron chi connectivity index (χ3n) is 4.44. The Bertz CT molecular complexity index is 255. The first-order valence-electron chi connectivity index (χ1n) is 5.93. The fraction of sp³-hybridized carbons (Fsp3) is 0.917. The summed E-state index contributed by atoms with van der Waals surface area (Å²) in [5.74, 6) is 0.366. The van der Waals surface area contributed by atoms with Crippen molar-refractivity contribution < 1.29 is 9.16 Å². The molecule has 0 saturated carbocycles. The minimum atomic E-state index is 0.234. The molecule has 3 rings (SSSR count). The molecule has 14 heavy (non-hydrogen) atoms. The Morgan fingerprint density at radius 1 is 1.21 bits per heavy atom. The number of ketones is 1. The molecule has 0 N–H and O–H groups in total. The van der Waals surface area contributed by atoms with Crippen molar-refractivity contribution in [2.45, 2.75) is 69.7 Å². The topological polar surface area (TPSA) is 19.8 Å². The van der Waals surface area contributed by atoms with Gasteiger partial charge in [-0.15, -0.1) is 0 Å². The standard InChI is InChI=1S/C12H19O2/c1-9(13)8-12-6-4-10-2-3-11(5-7-12)14(10)12/h10-11H,2-8H2,1H3/q+1. The van der Waals surface area contributed by atoms with E-state index < -0.39 is 0 Å². The zero-order valence-corrected chi connectivity index (χ0v) is 8.92. The van der Waals surface area contributed by atoms with Gasteiger partial charge in [-0.1, -0.05) is 0 Å². The first kappa shape index (κ1) is 8.90. The molecule has 0 bridgehead atoms. The maximum absolute atomic E-state index is 11.3. The summed E-state index contributed by atoms with van der Waals surface area (Å²) >= 11 is 0. The molecule has 0 aromatic heterocycles. The molecular formula is C12H19O2+. The van der Waals surface area contributed by atoms with E-state index in [0.717, 1.165) is 18.6 Å². The monoisotopic (exact) mass is 195 g/mol. The molecule has 2 unspecified atom stereocenters. The van der Waals surface area contributed by atoms with Crippen molar-refractivity contribution in [3.63, 3.8) is 0 Å². The SMILES string of the molecule is CC(=O)CC12CCC3CCC(CC1)[O+]32. The predicted octanol–water partition coefficient (Wildman–Crippen LogP) is 2.38. The molecule has 0 spiro atoms. The van der Waals surface area contributed by atoms with Crippen LogP contribution in [-0.4, -0.2) is 23.6 Å². The maximum Gasteiger partial charge on any atom is 0.173 e. The Hall–Kier alpha value is -0.370. The van der Waals surface area contributed by atoms with E-state index >= 15 is 0 Å². The van der Waals surface area contributed by atoms with Crippen molar-refractivity contribution in [3.8, 4) is 0 Å². The lowest BCUT2D eigenvalue weighted by atomic mass is 9.90. The van der Waals surface area contributed by atoms with Crippen LogP contribution in [0.25, 0.3) is 0 Å². The van der Waals surface area contributed by atoms with Gasteiger partial charge in [0.05, 0.1) is 6.42 Å². The van der Waals surface area contributed by atoms with Crippen molar-refractivity contribution >= 4 is 5.78 Å². The summed E-state index contributed by atoms with van der Waals surface area (Å²) in [4.78, 5) is 11.3. The normalized spacial score (nSPS) is 45.8. The Balaban J connectivity index is 1.89. The van der Waals surface area contributed by atoms with E-state index in [-0.39, 0.29) is 5.60 Å². The van der Waals surface area contributed by atoms with Crippen LogP contribution < -0.4 is 0 Å². The maximum atomic E-state index is 11.3. The summed E-state index contributed by atoms with van der Waals surface area (Å²) in [6.45, 7) is 1.74. The molecule has 3 heterocycles. The molecule has 3 aliphatic rings. The second kappa shape index (κ2) is 2.82. The molecule has 0 amide bonds. The van der Waals surface area contributed by atoms with Crippen LogP contribution in [0, 0.1) is 0 Å². The number of carbonyl (C=O) groups is 1. The highest BCUT2D eigenvalue weighted by molar-refractivity contribution is 5.76. The molecule has 0 aromatic rings. The number of hydrogen-bond acceptors (Lipinski definition) is 1. The third kappa shape index (κ3) is 1.04. The predicted molar refractivity (Wildman–Crippen MR) is 54.4 cm³/mol. The summed E-state index contributed by atoms with van der Waals surface area (Å²) in [5.41, 5.74) is 0.234. The van der Waals surface area contributed by atoms with Gasteiger partial charge in [-0.05, 0) is 6.92 Å². The molecule has 0 radical (unpaired) electrons. The lowest BCUT2D eigenvalue weighted by Gasteiger charge is -2.29. The minimum Gasteiger partial charge on any atom is -0.413 e. The fourth-order valence-corrected chi connectivity index (χ4v) is 4.07. The van der Waals surface area contributed by atoms with Crippen molar-refractivity contribution in [1.29, 1.82) is 0 Å². The second-order valence-electron chi connectivity index (χ2n) is 5.33. The van der Waals surface area contributed by atoms with Crippen LogP contribution in [0.4, 0.5) is 0 Å². The summed E-state index contributed by atoms with van der Waals surface area (Å²) in [6.07, 6.45) is 10.1. The van der Waals surface area contributed by atoms with Crippen molar-refractivity contribution in [2.75, 3.05) is 0 Å². The summed E-state index contributed by atoms with van der Waals surface area (Å²) in [5, 5.41) is 0. The van der Waals surface area contributed by atoms with Gasteiger partial charge >= 0.3 is 0 Å². The number of rotatable bonds is 2. The zero-order chi connectivity index (χ0) is 9.76. The highest BCUT2D eigenvalue weighted by Gasteiger charge is 2.63. The van der Waals surface area contributed by atoms with Crippen LogP contribution in [-0.2, 0) is 9.16 Å². The van der Waals surface area contributed by atoms with Gasteiger partial charge in [0.25, 0.3) is 0 Å². The van der Waals surface area contributed by atoms with Gasteiger partial charge < -0.3 is 4.37 Å². The van der Waals surface area contributed by atoms with Gasteiger partial charge in [0, 0.05) is 38.5 Å². The minimum absolute atomic E-state index is 0.234. The van der Waals surface area contributed by atoms with E-state index in [1.807, 2.05) is 0 Å². The third-order valence-corrected chi connectivity index (χ3v) is 4.44. The molecular weight excluding hydrogens is 176 g/mol. The Kier molecular flexibility index (Phi) is 1.79. The summed E-state index contributed by atoms with van der Waals surface area (Å²) < 4.78 is 3.62. The highest BCUT2D eigenvalue weighted by atomic mass is 16.7. The van der Waals surface area contributed by atoms with E-state index in [9.17, 15) is 4.79 Å². The molecule has 2 atom stereocenters. The summed E-state index contributed by atoms with van der Waals surface area (Å²) in [6, 6.07) is 0. The molecule has 3 aliphatic heterocycles. The highest BCUT2D eigenvalue weighted by Crippen LogP contribution is 2.57. The molecule has 78 valence electrons. The van der Waals surface area contributed by atoms with Gasteiger partial charge in [-0.2, -0.15) is 0 Å². The average molecular weight is 195 g/mol. The number of hydrogen-bond donors (Lipinski definition) is 0. The lowest BCUT2D eigenvalue weighted by Crippen LogP contribution is -2.36. The fourth-order valence-electron chi connectivity index (χ4n) is 4.07. The van der Waals surface area contributed by atoms with Gasteiger partial charge in [0.2, 0.25) is 0 Å².